The van der Waals surface area contributed by atoms with Crippen molar-refractivity contribution in [2.24, 2.45) is 0 Å². The van der Waals surface area contributed by atoms with E-state index < -0.39 is 17.7 Å². The summed E-state index contributed by atoms with van der Waals surface area (Å²) in [4.78, 5) is 25.3. The molecule has 1 rings (SSSR count). The Kier molecular flexibility index (Phi) is 6.20. The number of hydrogen-bond acceptors (Lipinski definition) is 4. The number of hydrogen-bond donors (Lipinski definition) is 0. The van der Waals surface area contributed by atoms with Gasteiger partial charge in [-0.3, -0.25) is 9.69 Å². The first kappa shape index (κ1) is 17.5. The number of esters is 1. The Bertz CT molecular complexity index is 511. The molecule has 0 aliphatic heterocycles. The van der Waals surface area contributed by atoms with E-state index in [2.05, 4.69) is 15.9 Å². The summed E-state index contributed by atoms with van der Waals surface area (Å²) >= 11 is 3.37. The zero-order valence-corrected chi connectivity index (χ0v) is 14.3. The molecule has 0 radical (unpaired) electrons. The SMILES string of the molecule is CCOC(=O)CN(C(=O)OC(C)(C)C)c1ccccc1Br. The van der Waals surface area contributed by atoms with Gasteiger partial charge in [-0.05, 0) is 55.8 Å². The number of carbonyl (C=O) groups is 2. The predicted octanol–water partition coefficient (Wildman–Crippen LogP) is 3.75. The number of amides is 1. The minimum absolute atomic E-state index is 0.203. The van der Waals surface area contributed by atoms with Crippen LogP contribution in [-0.4, -0.2) is 30.8 Å². The van der Waals surface area contributed by atoms with Crippen LogP contribution in [0.25, 0.3) is 0 Å². The summed E-state index contributed by atoms with van der Waals surface area (Å²) in [5, 5.41) is 0. The van der Waals surface area contributed by atoms with Gasteiger partial charge in [0.2, 0.25) is 0 Å². The van der Waals surface area contributed by atoms with Crippen LogP contribution in [0.15, 0.2) is 28.7 Å². The third-order valence-electron chi connectivity index (χ3n) is 2.35. The van der Waals surface area contributed by atoms with Gasteiger partial charge in [-0.25, -0.2) is 4.79 Å². The molecule has 1 aromatic carbocycles. The van der Waals surface area contributed by atoms with Crippen molar-refractivity contribution in [2.45, 2.75) is 33.3 Å². The molecule has 0 saturated carbocycles. The highest BCUT2D eigenvalue weighted by Crippen LogP contribution is 2.27. The molecule has 0 saturated heterocycles. The quantitative estimate of drug-likeness (QED) is 0.770. The number of para-hydroxylation sites is 1. The fourth-order valence-corrected chi connectivity index (χ4v) is 2.07. The topological polar surface area (TPSA) is 55.8 Å². The third-order valence-corrected chi connectivity index (χ3v) is 3.02. The molecular formula is C15H20BrNO4. The Morgan fingerprint density at radius 1 is 1.24 bits per heavy atom. The smallest absolute Gasteiger partial charge is 0.415 e. The van der Waals surface area contributed by atoms with Crippen LogP contribution in [0, 0.1) is 0 Å². The first-order valence-corrected chi connectivity index (χ1v) is 7.44. The van der Waals surface area contributed by atoms with Crippen LogP contribution >= 0.6 is 15.9 Å². The molecule has 0 unspecified atom stereocenters. The maximum atomic E-state index is 12.3. The summed E-state index contributed by atoms with van der Waals surface area (Å²) in [6.07, 6.45) is -0.595. The van der Waals surface area contributed by atoms with Crippen LogP contribution in [0.1, 0.15) is 27.7 Å². The molecule has 0 spiro atoms. The second kappa shape index (κ2) is 7.45. The molecule has 0 N–H and O–H groups in total. The lowest BCUT2D eigenvalue weighted by Gasteiger charge is -2.27. The van der Waals surface area contributed by atoms with E-state index in [1.54, 1.807) is 45.9 Å². The van der Waals surface area contributed by atoms with Crippen LogP contribution in [0.2, 0.25) is 0 Å². The van der Waals surface area contributed by atoms with Gasteiger partial charge in [0.1, 0.15) is 12.1 Å². The van der Waals surface area contributed by atoms with Crippen LogP contribution in [0.4, 0.5) is 10.5 Å². The van der Waals surface area contributed by atoms with Gasteiger partial charge in [-0.1, -0.05) is 12.1 Å². The lowest BCUT2D eigenvalue weighted by atomic mass is 10.2. The Balaban J connectivity index is 3.03. The Hall–Kier alpha value is -1.56. The van der Waals surface area contributed by atoms with Gasteiger partial charge >= 0.3 is 12.1 Å². The maximum Gasteiger partial charge on any atom is 0.415 e. The predicted molar refractivity (Wildman–Crippen MR) is 84.4 cm³/mol. The Morgan fingerprint density at radius 2 is 1.86 bits per heavy atom. The van der Waals surface area contributed by atoms with E-state index in [0.717, 1.165) is 0 Å². The normalized spacial score (nSPS) is 10.9. The molecular weight excluding hydrogens is 338 g/mol. The van der Waals surface area contributed by atoms with Crippen molar-refractivity contribution >= 4 is 33.7 Å². The highest BCUT2D eigenvalue weighted by molar-refractivity contribution is 9.10. The third kappa shape index (κ3) is 5.75. The number of nitrogens with zero attached hydrogens (tertiary/aromatic N) is 1. The second-order valence-corrected chi connectivity index (χ2v) is 6.18. The number of rotatable bonds is 4. The second-order valence-electron chi connectivity index (χ2n) is 5.32. The largest absolute Gasteiger partial charge is 0.465 e. The fraction of sp³-hybridized carbons (Fsp3) is 0.467. The summed E-state index contributed by atoms with van der Waals surface area (Å²) in [5.41, 5.74) is -0.0922. The van der Waals surface area contributed by atoms with Crippen LogP contribution in [-0.2, 0) is 14.3 Å². The minimum Gasteiger partial charge on any atom is -0.465 e. The van der Waals surface area contributed by atoms with E-state index in [1.165, 1.54) is 4.90 Å². The van der Waals surface area contributed by atoms with Crippen molar-refractivity contribution in [1.29, 1.82) is 0 Å². The molecule has 0 fully saturated rings. The monoisotopic (exact) mass is 357 g/mol. The standard InChI is InChI=1S/C15H20BrNO4/c1-5-20-13(18)10-17(14(19)21-15(2,3)4)12-9-7-6-8-11(12)16/h6-9H,5,10H2,1-4H3. The summed E-state index contributed by atoms with van der Waals surface area (Å²) in [6.45, 7) is 7.09. The zero-order chi connectivity index (χ0) is 16.0. The number of halogens is 1. The maximum absolute atomic E-state index is 12.3. The number of anilines is 1. The highest BCUT2D eigenvalue weighted by Gasteiger charge is 2.26. The van der Waals surface area contributed by atoms with E-state index in [0.29, 0.717) is 10.2 Å². The number of ether oxygens (including phenoxy) is 2. The van der Waals surface area contributed by atoms with Crippen LogP contribution in [0.3, 0.4) is 0 Å². The van der Waals surface area contributed by atoms with E-state index in [4.69, 9.17) is 9.47 Å². The molecule has 0 atom stereocenters. The van der Waals surface area contributed by atoms with Gasteiger partial charge in [-0.2, -0.15) is 0 Å². The van der Waals surface area contributed by atoms with E-state index in [-0.39, 0.29) is 13.2 Å². The van der Waals surface area contributed by atoms with Crippen molar-refractivity contribution in [3.05, 3.63) is 28.7 Å². The summed E-state index contributed by atoms with van der Waals surface area (Å²) < 4.78 is 11.0. The van der Waals surface area contributed by atoms with Gasteiger partial charge < -0.3 is 9.47 Å². The molecule has 21 heavy (non-hydrogen) atoms. The first-order chi connectivity index (χ1) is 9.74. The number of carbonyl (C=O) groups excluding carboxylic acids is 2. The lowest BCUT2D eigenvalue weighted by Crippen LogP contribution is -2.40. The summed E-state index contributed by atoms with van der Waals surface area (Å²) in [7, 11) is 0. The van der Waals surface area contributed by atoms with Crippen LogP contribution < -0.4 is 4.90 Å². The van der Waals surface area contributed by atoms with Crippen molar-refractivity contribution in [2.75, 3.05) is 18.1 Å². The lowest BCUT2D eigenvalue weighted by molar-refractivity contribution is -0.141. The molecule has 1 aromatic rings. The average molecular weight is 358 g/mol. The molecule has 116 valence electrons. The van der Waals surface area contributed by atoms with E-state index in [1.807, 2.05) is 6.07 Å². The Morgan fingerprint density at radius 3 is 2.38 bits per heavy atom. The van der Waals surface area contributed by atoms with Crippen molar-refractivity contribution < 1.29 is 19.1 Å². The van der Waals surface area contributed by atoms with Gasteiger partial charge in [0.25, 0.3) is 0 Å². The molecule has 0 bridgehead atoms. The summed E-state index contributed by atoms with van der Waals surface area (Å²) in [6, 6.07) is 7.12. The minimum atomic E-state index is -0.648. The van der Waals surface area contributed by atoms with Crippen molar-refractivity contribution in [3.63, 3.8) is 0 Å². The highest BCUT2D eigenvalue weighted by atomic mass is 79.9. The molecule has 0 heterocycles. The average Bonchev–Trinajstić information content (AvgIpc) is 2.35. The van der Waals surface area contributed by atoms with Gasteiger partial charge in [0.05, 0.1) is 12.3 Å². The number of benzene rings is 1. The molecule has 0 aliphatic carbocycles. The summed E-state index contributed by atoms with van der Waals surface area (Å²) in [5.74, 6) is -0.487. The van der Waals surface area contributed by atoms with E-state index >= 15 is 0 Å². The van der Waals surface area contributed by atoms with Crippen molar-refractivity contribution in [1.82, 2.24) is 0 Å². The van der Waals surface area contributed by atoms with Crippen LogP contribution in [0.5, 0.6) is 0 Å². The first-order valence-electron chi connectivity index (χ1n) is 6.65. The molecule has 5 nitrogen and oxygen atoms in total. The van der Waals surface area contributed by atoms with Crippen molar-refractivity contribution in [3.8, 4) is 0 Å². The fourth-order valence-electron chi connectivity index (χ4n) is 1.57. The van der Waals surface area contributed by atoms with Gasteiger partial charge in [-0.15, -0.1) is 0 Å². The molecule has 6 heteroatoms. The zero-order valence-electron chi connectivity index (χ0n) is 12.7. The van der Waals surface area contributed by atoms with E-state index in [9.17, 15) is 9.59 Å². The Labute approximate surface area is 133 Å². The molecule has 0 aliphatic rings. The molecule has 0 aromatic heterocycles. The van der Waals surface area contributed by atoms with Gasteiger partial charge in [0.15, 0.2) is 0 Å². The molecule has 1 amide bonds. The van der Waals surface area contributed by atoms with Gasteiger partial charge in [0, 0.05) is 4.47 Å².